The molecule has 0 spiro atoms. The van der Waals surface area contributed by atoms with Crippen LogP contribution < -0.4 is 10.6 Å². The number of aryl methyl sites for hydroxylation is 1. The van der Waals surface area contributed by atoms with Crippen molar-refractivity contribution in [2.45, 2.75) is 50.9 Å². The molecule has 1 aromatic rings. The van der Waals surface area contributed by atoms with Gasteiger partial charge in [-0.05, 0) is 69.8 Å². The molecule has 0 radical (unpaired) electrons. The Labute approximate surface area is 146 Å². The van der Waals surface area contributed by atoms with Crippen molar-refractivity contribution >= 4 is 23.0 Å². The van der Waals surface area contributed by atoms with Gasteiger partial charge in [-0.3, -0.25) is 0 Å². The van der Waals surface area contributed by atoms with E-state index in [0.29, 0.717) is 22.4 Å². The van der Waals surface area contributed by atoms with Gasteiger partial charge >= 0.3 is 6.18 Å². The van der Waals surface area contributed by atoms with Crippen LogP contribution in [0.1, 0.15) is 36.8 Å². The number of likely N-dealkylation sites (N-methyl/N-ethyl adjacent to an activating group) is 1. The molecule has 1 aromatic carbocycles. The molecular formula is C17H24F3N3S. The fourth-order valence-corrected chi connectivity index (χ4v) is 3.52. The molecule has 1 aliphatic carbocycles. The SMILES string of the molecule is Cc1cc(NC(=S)N[C@@H]2CCCCC2N(C)C)cc(C(F)(F)F)c1. The Bertz CT molecular complexity index is 587. The molecule has 0 aromatic heterocycles. The lowest BCUT2D eigenvalue weighted by atomic mass is 9.90. The van der Waals surface area contributed by atoms with Crippen molar-refractivity contribution in [1.82, 2.24) is 10.2 Å². The Kier molecular flexibility index (Phi) is 6.09. The highest BCUT2D eigenvalue weighted by molar-refractivity contribution is 7.80. The van der Waals surface area contributed by atoms with Crippen LogP contribution in [-0.2, 0) is 6.18 Å². The molecule has 0 aliphatic heterocycles. The molecule has 1 unspecified atom stereocenters. The van der Waals surface area contributed by atoms with E-state index < -0.39 is 11.7 Å². The maximum atomic E-state index is 12.9. The van der Waals surface area contributed by atoms with Gasteiger partial charge in [0, 0.05) is 17.8 Å². The molecule has 2 rings (SSSR count). The zero-order valence-electron chi connectivity index (χ0n) is 14.2. The summed E-state index contributed by atoms with van der Waals surface area (Å²) in [6, 6.07) is 4.46. The van der Waals surface area contributed by atoms with Gasteiger partial charge in [0.05, 0.1) is 5.56 Å². The third-order valence-corrected chi connectivity index (χ3v) is 4.59. The van der Waals surface area contributed by atoms with Gasteiger partial charge in [0.2, 0.25) is 0 Å². The number of hydrogen-bond donors (Lipinski definition) is 2. The smallest absolute Gasteiger partial charge is 0.358 e. The quantitative estimate of drug-likeness (QED) is 0.792. The van der Waals surface area contributed by atoms with Crippen molar-refractivity contribution in [2.75, 3.05) is 19.4 Å². The lowest BCUT2D eigenvalue weighted by Crippen LogP contribution is -2.52. The van der Waals surface area contributed by atoms with E-state index in [1.54, 1.807) is 13.0 Å². The molecule has 134 valence electrons. The van der Waals surface area contributed by atoms with Crippen LogP contribution >= 0.6 is 12.2 Å². The van der Waals surface area contributed by atoms with Crippen LogP contribution in [-0.4, -0.2) is 36.2 Å². The summed E-state index contributed by atoms with van der Waals surface area (Å²) in [6.45, 7) is 1.64. The molecule has 0 bridgehead atoms. The molecule has 0 heterocycles. The zero-order valence-corrected chi connectivity index (χ0v) is 15.0. The van der Waals surface area contributed by atoms with Gasteiger partial charge in [-0.2, -0.15) is 13.2 Å². The van der Waals surface area contributed by atoms with E-state index in [4.69, 9.17) is 12.2 Å². The molecule has 7 heteroatoms. The van der Waals surface area contributed by atoms with Crippen molar-refractivity contribution in [3.63, 3.8) is 0 Å². The second kappa shape index (κ2) is 7.70. The first-order chi connectivity index (χ1) is 11.2. The standard InChI is InChI=1S/C17H24F3N3S/c1-11-8-12(17(18,19)20)10-13(9-11)21-16(24)22-14-6-4-5-7-15(14)23(2)3/h8-10,14-15H,4-7H2,1-3H3,(H2,21,22,24)/t14-,15?/m1/s1. The monoisotopic (exact) mass is 359 g/mol. The largest absolute Gasteiger partial charge is 0.416 e. The minimum atomic E-state index is -4.36. The summed E-state index contributed by atoms with van der Waals surface area (Å²) in [5.74, 6) is 0. The Balaban J connectivity index is 2.05. The van der Waals surface area contributed by atoms with Crippen molar-refractivity contribution < 1.29 is 13.2 Å². The van der Waals surface area contributed by atoms with Crippen LogP contribution in [0.25, 0.3) is 0 Å². The Hall–Kier alpha value is -1.34. The van der Waals surface area contributed by atoms with E-state index >= 15 is 0 Å². The number of alkyl halides is 3. The van der Waals surface area contributed by atoms with Crippen molar-refractivity contribution in [1.29, 1.82) is 0 Å². The fraction of sp³-hybridized carbons (Fsp3) is 0.588. The van der Waals surface area contributed by atoms with Gasteiger partial charge in [-0.1, -0.05) is 12.8 Å². The van der Waals surface area contributed by atoms with Crippen LogP contribution in [0.4, 0.5) is 18.9 Å². The first-order valence-corrected chi connectivity index (χ1v) is 8.50. The van der Waals surface area contributed by atoms with Crippen molar-refractivity contribution in [3.8, 4) is 0 Å². The van der Waals surface area contributed by atoms with Gasteiger partial charge in [0.15, 0.2) is 5.11 Å². The molecule has 2 atom stereocenters. The Morgan fingerprint density at radius 2 is 1.83 bits per heavy atom. The molecule has 24 heavy (non-hydrogen) atoms. The van der Waals surface area contributed by atoms with Crippen molar-refractivity contribution in [3.05, 3.63) is 29.3 Å². The van der Waals surface area contributed by atoms with Crippen LogP contribution in [0, 0.1) is 6.92 Å². The van der Waals surface area contributed by atoms with Gasteiger partial charge in [-0.15, -0.1) is 0 Å². The predicted molar refractivity (Wildman–Crippen MR) is 95.3 cm³/mol. The lowest BCUT2D eigenvalue weighted by molar-refractivity contribution is -0.137. The molecule has 3 nitrogen and oxygen atoms in total. The molecule has 0 saturated heterocycles. The first-order valence-electron chi connectivity index (χ1n) is 8.09. The summed E-state index contributed by atoms with van der Waals surface area (Å²) in [5.41, 5.74) is 0.229. The van der Waals surface area contributed by atoms with Crippen LogP contribution in [0.2, 0.25) is 0 Å². The number of anilines is 1. The molecule has 2 N–H and O–H groups in total. The Morgan fingerprint density at radius 3 is 2.46 bits per heavy atom. The average molecular weight is 359 g/mol. The third-order valence-electron chi connectivity index (χ3n) is 4.37. The molecule has 1 fully saturated rings. The van der Waals surface area contributed by atoms with E-state index in [9.17, 15) is 13.2 Å². The van der Waals surface area contributed by atoms with Crippen LogP contribution in [0.3, 0.4) is 0 Å². The van der Waals surface area contributed by atoms with E-state index in [0.717, 1.165) is 31.4 Å². The average Bonchev–Trinajstić information content (AvgIpc) is 2.45. The first kappa shape index (κ1) is 19.0. The molecule has 1 saturated carbocycles. The van der Waals surface area contributed by atoms with E-state index in [2.05, 4.69) is 15.5 Å². The number of hydrogen-bond acceptors (Lipinski definition) is 2. The maximum absolute atomic E-state index is 12.9. The predicted octanol–water partition coefficient (Wildman–Crippen LogP) is 4.17. The van der Waals surface area contributed by atoms with Gasteiger partial charge in [0.25, 0.3) is 0 Å². The highest BCUT2D eigenvalue weighted by atomic mass is 32.1. The number of nitrogens with one attached hydrogen (secondary N) is 2. The molecule has 0 amide bonds. The van der Waals surface area contributed by atoms with Gasteiger partial charge < -0.3 is 15.5 Å². The summed E-state index contributed by atoms with van der Waals surface area (Å²) in [6.07, 6.45) is 0.0560. The number of nitrogens with zero attached hydrogens (tertiary/aromatic N) is 1. The van der Waals surface area contributed by atoms with Crippen LogP contribution in [0.15, 0.2) is 18.2 Å². The van der Waals surface area contributed by atoms with Gasteiger partial charge in [0.1, 0.15) is 0 Å². The van der Waals surface area contributed by atoms with Crippen molar-refractivity contribution in [2.24, 2.45) is 0 Å². The summed E-state index contributed by atoms with van der Waals surface area (Å²) in [4.78, 5) is 2.17. The van der Waals surface area contributed by atoms with E-state index in [-0.39, 0.29) is 6.04 Å². The molecule has 1 aliphatic rings. The zero-order chi connectivity index (χ0) is 17.9. The number of benzene rings is 1. The van der Waals surface area contributed by atoms with E-state index in [1.807, 2.05) is 14.1 Å². The minimum Gasteiger partial charge on any atom is -0.358 e. The topological polar surface area (TPSA) is 27.3 Å². The van der Waals surface area contributed by atoms with E-state index in [1.165, 1.54) is 6.42 Å². The highest BCUT2D eigenvalue weighted by Gasteiger charge is 2.31. The van der Waals surface area contributed by atoms with Gasteiger partial charge in [-0.25, -0.2) is 0 Å². The number of thiocarbonyl (C=S) groups is 1. The number of rotatable bonds is 3. The summed E-state index contributed by atoms with van der Waals surface area (Å²) in [5, 5.41) is 6.55. The summed E-state index contributed by atoms with van der Waals surface area (Å²) in [7, 11) is 4.08. The van der Waals surface area contributed by atoms with Crippen LogP contribution in [0.5, 0.6) is 0 Å². The maximum Gasteiger partial charge on any atom is 0.416 e. The molecular weight excluding hydrogens is 335 g/mol. The summed E-state index contributed by atoms with van der Waals surface area (Å²) >= 11 is 5.31. The lowest BCUT2D eigenvalue weighted by Gasteiger charge is -2.37. The fourth-order valence-electron chi connectivity index (χ4n) is 3.25. The highest BCUT2D eigenvalue weighted by Crippen LogP contribution is 2.32. The normalized spacial score (nSPS) is 21.6. The minimum absolute atomic E-state index is 0.209. The Morgan fingerprint density at radius 1 is 1.17 bits per heavy atom. The number of halogens is 3. The second-order valence-electron chi connectivity index (χ2n) is 6.61. The third kappa shape index (κ3) is 5.08. The summed E-state index contributed by atoms with van der Waals surface area (Å²) < 4.78 is 38.7. The second-order valence-corrected chi connectivity index (χ2v) is 7.01.